The van der Waals surface area contributed by atoms with E-state index >= 15 is 0 Å². The molecule has 0 spiro atoms. The lowest BCUT2D eigenvalue weighted by molar-refractivity contribution is 0.215. The minimum atomic E-state index is -3.69. The number of nitrogens with zero attached hydrogens (tertiary/aromatic N) is 1. The van der Waals surface area contributed by atoms with Crippen LogP contribution in [0.3, 0.4) is 0 Å². The summed E-state index contributed by atoms with van der Waals surface area (Å²) in [6.07, 6.45) is 1.48. The van der Waals surface area contributed by atoms with Gasteiger partial charge in [-0.15, -0.1) is 0 Å². The van der Waals surface area contributed by atoms with E-state index in [9.17, 15) is 12.6 Å². The third-order valence-electron chi connectivity index (χ3n) is 5.17. The molecule has 29 heavy (non-hydrogen) atoms. The van der Waals surface area contributed by atoms with Crippen LogP contribution in [0.1, 0.15) is 50.8 Å². The van der Waals surface area contributed by atoms with Crippen LogP contribution in [-0.2, 0) is 21.0 Å². The van der Waals surface area contributed by atoms with Gasteiger partial charge in [0.05, 0.1) is 26.7 Å². The second kappa shape index (κ2) is 8.68. The average molecular weight is 435 g/mol. The first-order valence-electron chi connectivity index (χ1n) is 9.92. The van der Waals surface area contributed by atoms with Crippen molar-refractivity contribution >= 4 is 21.0 Å². The van der Waals surface area contributed by atoms with Crippen LogP contribution >= 0.6 is 0 Å². The second-order valence-electron chi connectivity index (χ2n) is 8.53. The van der Waals surface area contributed by atoms with E-state index in [1.54, 1.807) is 16.4 Å². The Hall–Kier alpha value is -1.54. The smallest absolute Gasteiger partial charge is 0.242 e. The number of aryl methyl sites for hydroxylation is 1. The van der Waals surface area contributed by atoms with Crippen molar-refractivity contribution in [2.45, 2.75) is 62.3 Å². The van der Waals surface area contributed by atoms with Crippen molar-refractivity contribution in [3.05, 3.63) is 65.7 Å². The van der Waals surface area contributed by atoms with Crippen LogP contribution < -0.4 is 4.72 Å². The molecule has 1 saturated heterocycles. The van der Waals surface area contributed by atoms with E-state index in [0.29, 0.717) is 17.9 Å². The summed E-state index contributed by atoms with van der Waals surface area (Å²) in [7, 11) is -4.98. The van der Waals surface area contributed by atoms with Gasteiger partial charge in [0.2, 0.25) is 10.0 Å². The number of hydrogen-bond donors (Lipinski definition) is 1. The molecule has 1 N–H and O–H groups in total. The van der Waals surface area contributed by atoms with E-state index in [2.05, 4.69) is 4.72 Å². The summed E-state index contributed by atoms with van der Waals surface area (Å²) < 4.78 is 44.3. The molecule has 1 unspecified atom stereocenters. The molecule has 1 aliphatic heterocycles. The molecule has 1 fully saturated rings. The van der Waals surface area contributed by atoms with E-state index in [-0.39, 0.29) is 6.04 Å². The van der Waals surface area contributed by atoms with Crippen LogP contribution in [0.4, 0.5) is 0 Å². The average Bonchev–Trinajstić information content (AvgIpc) is 2.68. The van der Waals surface area contributed by atoms with E-state index < -0.39 is 31.8 Å². The topological polar surface area (TPSA) is 66.5 Å². The molecule has 0 saturated carbocycles. The summed E-state index contributed by atoms with van der Waals surface area (Å²) in [6.45, 7) is 8.12. The Morgan fingerprint density at radius 3 is 2.24 bits per heavy atom. The minimum absolute atomic E-state index is 0.230. The lowest BCUT2D eigenvalue weighted by atomic mass is 9.93. The molecule has 7 heteroatoms. The summed E-state index contributed by atoms with van der Waals surface area (Å²) in [5, 5.41) is 0. The summed E-state index contributed by atoms with van der Waals surface area (Å²) in [5.74, 6) is 0. The maximum absolute atomic E-state index is 13.5. The van der Waals surface area contributed by atoms with Gasteiger partial charge >= 0.3 is 0 Å². The predicted octanol–water partition coefficient (Wildman–Crippen LogP) is 3.94. The van der Waals surface area contributed by atoms with Gasteiger partial charge in [-0.2, -0.15) is 4.31 Å². The van der Waals surface area contributed by atoms with Gasteiger partial charge < -0.3 is 0 Å². The molecule has 5 nitrogen and oxygen atoms in total. The molecule has 0 radical (unpaired) electrons. The monoisotopic (exact) mass is 434 g/mol. The highest BCUT2D eigenvalue weighted by molar-refractivity contribution is 7.89. The van der Waals surface area contributed by atoms with Gasteiger partial charge in [-0.1, -0.05) is 48.0 Å². The fraction of sp³-hybridized carbons (Fsp3) is 0.455. The van der Waals surface area contributed by atoms with Crippen LogP contribution in [0.25, 0.3) is 0 Å². The Balaban J connectivity index is 2.02. The lowest BCUT2D eigenvalue weighted by Crippen LogP contribution is -2.52. The van der Waals surface area contributed by atoms with Crippen molar-refractivity contribution in [3.63, 3.8) is 0 Å². The molecule has 0 aliphatic carbocycles. The van der Waals surface area contributed by atoms with Crippen LogP contribution in [-0.4, -0.2) is 34.3 Å². The quantitative estimate of drug-likeness (QED) is 0.775. The molecule has 0 amide bonds. The highest BCUT2D eigenvalue weighted by atomic mass is 32.2. The molecule has 1 aliphatic rings. The maximum Gasteiger partial charge on any atom is 0.243 e. The van der Waals surface area contributed by atoms with Crippen molar-refractivity contribution in [2.75, 3.05) is 6.54 Å². The number of sulfonamides is 1. The van der Waals surface area contributed by atoms with Gasteiger partial charge in [-0.25, -0.2) is 17.3 Å². The number of rotatable bonds is 5. The van der Waals surface area contributed by atoms with Crippen LogP contribution in [0.5, 0.6) is 0 Å². The minimum Gasteiger partial charge on any atom is -0.242 e. The van der Waals surface area contributed by atoms with Gasteiger partial charge in [0.1, 0.15) is 0 Å². The number of hydrogen-bond acceptors (Lipinski definition) is 3. The summed E-state index contributed by atoms with van der Waals surface area (Å²) in [4.78, 5) is 0.293. The number of benzene rings is 2. The van der Waals surface area contributed by atoms with E-state index in [4.69, 9.17) is 0 Å². The third-order valence-corrected chi connectivity index (χ3v) is 8.69. The molecule has 2 aromatic carbocycles. The fourth-order valence-corrected chi connectivity index (χ4v) is 6.13. The Kier molecular flexibility index (Phi) is 6.63. The highest BCUT2D eigenvalue weighted by Crippen LogP contribution is 2.36. The number of piperidine rings is 1. The molecule has 0 aromatic heterocycles. The SMILES string of the molecule is Cc1ccc(S(=O)(=O)N2CCC[C@H](NS(=O)C(C)(C)C)[C@H]2c2ccccc2)cc1. The van der Waals surface area contributed by atoms with Crippen molar-refractivity contribution in [2.24, 2.45) is 0 Å². The molecule has 1 heterocycles. The largest absolute Gasteiger partial charge is 0.243 e. The number of nitrogens with one attached hydrogen (secondary N) is 1. The van der Waals surface area contributed by atoms with Crippen molar-refractivity contribution in [1.82, 2.24) is 9.03 Å². The summed E-state index contributed by atoms with van der Waals surface area (Å²) >= 11 is 0. The zero-order chi connectivity index (χ0) is 21.2. The van der Waals surface area contributed by atoms with Crippen LogP contribution in [0, 0.1) is 6.92 Å². The zero-order valence-electron chi connectivity index (χ0n) is 17.5. The fourth-order valence-electron chi connectivity index (χ4n) is 3.57. The van der Waals surface area contributed by atoms with Crippen molar-refractivity contribution in [1.29, 1.82) is 0 Å². The first-order chi connectivity index (χ1) is 13.6. The molecule has 3 rings (SSSR count). The van der Waals surface area contributed by atoms with Gasteiger partial charge in [0.25, 0.3) is 0 Å². The Morgan fingerprint density at radius 1 is 1.03 bits per heavy atom. The van der Waals surface area contributed by atoms with Gasteiger partial charge in [-0.3, -0.25) is 0 Å². The van der Waals surface area contributed by atoms with Gasteiger partial charge in [0, 0.05) is 12.6 Å². The summed E-state index contributed by atoms with van der Waals surface area (Å²) in [5.41, 5.74) is 1.92. The molecule has 2 aromatic rings. The highest BCUT2D eigenvalue weighted by Gasteiger charge is 2.41. The van der Waals surface area contributed by atoms with Crippen LogP contribution in [0.15, 0.2) is 59.5 Å². The Labute approximate surface area is 177 Å². The normalized spacial score (nSPS) is 22.3. The van der Waals surface area contributed by atoms with E-state index in [0.717, 1.165) is 17.5 Å². The first kappa shape index (κ1) is 22.2. The Morgan fingerprint density at radius 2 is 1.66 bits per heavy atom. The van der Waals surface area contributed by atoms with Gasteiger partial charge in [0.15, 0.2) is 0 Å². The summed E-state index contributed by atoms with van der Waals surface area (Å²) in [6, 6.07) is 16.0. The first-order valence-corrected chi connectivity index (χ1v) is 12.5. The molecule has 3 atom stereocenters. The zero-order valence-corrected chi connectivity index (χ0v) is 19.1. The molecular formula is C22H30N2O3S2. The molecular weight excluding hydrogens is 404 g/mol. The molecule has 158 valence electrons. The van der Waals surface area contributed by atoms with Crippen molar-refractivity contribution in [3.8, 4) is 0 Å². The second-order valence-corrected chi connectivity index (χ2v) is 12.4. The van der Waals surface area contributed by atoms with Crippen LogP contribution in [0.2, 0.25) is 0 Å². The van der Waals surface area contributed by atoms with E-state index in [1.807, 2.05) is 70.2 Å². The predicted molar refractivity (Wildman–Crippen MR) is 118 cm³/mol. The standard InChI is InChI=1S/C22H30N2O3S2/c1-17-12-14-19(15-13-17)29(26,27)24-16-8-11-20(23-28(25)22(2,3)4)21(24)18-9-6-5-7-10-18/h5-7,9-10,12-15,20-21,23H,8,11,16H2,1-4H3/t20-,21+,28?/m0/s1. The lowest BCUT2D eigenvalue weighted by Gasteiger charge is -2.41. The van der Waals surface area contributed by atoms with E-state index in [1.165, 1.54) is 0 Å². The Bertz CT molecular complexity index is 952. The van der Waals surface area contributed by atoms with Gasteiger partial charge in [-0.05, 0) is 58.2 Å². The maximum atomic E-state index is 13.5. The van der Waals surface area contributed by atoms with Crippen molar-refractivity contribution < 1.29 is 12.6 Å². The molecule has 0 bridgehead atoms. The third kappa shape index (κ3) is 4.97.